The van der Waals surface area contributed by atoms with Gasteiger partial charge in [0.1, 0.15) is 0 Å². The second kappa shape index (κ2) is 7.98. The first-order valence-corrected chi connectivity index (χ1v) is 11.5. The highest BCUT2D eigenvalue weighted by Gasteiger charge is 2.57. The van der Waals surface area contributed by atoms with Crippen molar-refractivity contribution in [2.45, 2.75) is 69.2 Å². The molecular formula is C23H29BrN2O4. The van der Waals surface area contributed by atoms with Crippen LogP contribution < -0.4 is 10.6 Å². The first-order valence-electron chi connectivity index (χ1n) is 10.7. The van der Waals surface area contributed by atoms with E-state index in [1.54, 1.807) is 31.2 Å². The lowest BCUT2D eigenvalue weighted by Gasteiger charge is -2.60. The Hall–Kier alpha value is -1.89. The molecule has 1 aromatic carbocycles. The summed E-state index contributed by atoms with van der Waals surface area (Å²) in [5.74, 6) is 0.617. The molecular weight excluding hydrogens is 448 g/mol. The van der Waals surface area contributed by atoms with Gasteiger partial charge in [0, 0.05) is 22.6 Å². The Morgan fingerprint density at radius 1 is 1.07 bits per heavy atom. The third-order valence-electron chi connectivity index (χ3n) is 6.78. The Morgan fingerprint density at radius 2 is 1.63 bits per heavy atom. The van der Waals surface area contributed by atoms with Crippen LogP contribution in [0.2, 0.25) is 0 Å². The number of esters is 1. The molecule has 3 atom stereocenters. The quantitative estimate of drug-likeness (QED) is 0.462. The second-order valence-corrected chi connectivity index (χ2v) is 11.4. The number of anilines is 2. The zero-order valence-corrected chi connectivity index (χ0v) is 19.1. The summed E-state index contributed by atoms with van der Waals surface area (Å²) in [4.78, 5) is 36.2. The molecule has 7 heteroatoms. The number of rotatable bonds is 6. The molecule has 0 radical (unpaired) electrons. The standard InChI is InChI=1S/C23H29BrN2O4/c1-14(21(29)26-19-5-3-18(4-6-19)25-15(2)27)30-20(28)12-22-8-16-7-17(9-22)11-23(24,10-16)13-22/h3-6,14,16-17H,7-13H2,1-2H3,(H,25,27)(H,26,29). The summed E-state index contributed by atoms with van der Waals surface area (Å²) in [5.41, 5.74) is 1.26. The molecule has 1 aromatic rings. The lowest BCUT2D eigenvalue weighted by molar-refractivity contribution is -0.159. The van der Waals surface area contributed by atoms with Crippen LogP contribution in [0.4, 0.5) is 11.4 Å². The Labute approximate surface area is 185 Å². The molecule has 4 aliphatic carbocycles. The summed E-state index contributed by atoms with van der Waals surface area (Å²) in [6.07, 6.45) is 6.52. The number of hydrogen-bond donors (Lipinski definition) is 2. The van der Waals surface area contributed by atoms with E-state index in [9.17, 15) is 14.4 Å². The number of hydrogen-bond acceptors (Lipinski definition) is 4. The summed E-state index contributed by atoms with van der Waals surface area (Å²) in [7, 11) is 0. The topological polar surface area (TPSA) is 84.5 Å². The number of nitrogens with one attached hydrogen (secondary N) is 2. The number of amides is 2. The van der Waals surface area contributed by atoms with E-state index in [2.05, 4.69) is 26.6 Å². The molecule has 4 bridgehead atoms. The maximum Gasteiger partial charge on any atom is 0.307 e. The summed E-state index contributed by atoms with van der Waals surface area (Å²) < 4.78 is 5.71. The third kappa shape index (κ3) is 4.71. The first kappa shape index (κ1) is 21.3. The molecule has 0 spiro atoms. The molecule has 0 heterocycles. The maximum atomic E-state index is 12.7. The lowest BCUT2D eigenvalue weighted by atomic mass is 9.49. The molecule has 0 saturated heterocycles. The van der Waals surface area contributed by atoms with Crippen LogP contribution >= 0.6 is 15.9 Å². The summed E-state index contributed by atoms with van der Waals surface area (Å²) in [6.45, 7) is 3.04. The normalized spacial score (nSPS) is 32.4. The van der Waals surface area contributed by atoms with E-state index in [4.69, 9.17) is 4.74 Å². The van der Waals surface area contributed by atoms with Gasteiger partial charge in [0.05, 0.1) is 6.42 Å². The fourth-order valence-corrected chi connectivity index (χ4v) is 7.74. The van der Waals surface area contributed by atoms with Crippen molar-refractivity contribution in [3.63, 3.8) is 0 Å². The largest absolute Gasteiger partial charge is 0.453 e. The van der Waals surface area contributed by atoms with Crippen LogP contribution in [0, 0.1) is 17.3 Å². The van der Waals surface area contributed by atoms with Crippen molar-refractivity contribution >= 4 is 45.1 Å². The molecule has 5 rings (SSSR count). The fraction of sp³-hybridized carbons (Fsp3) is 0.609. The number of carbonyl (C=O) groups excluding carboxylic acids is 3. The van der Waals surface area contributed by atoms with E-state index in [0.29, 0.717) is 29.6 Å². The average Bonchev–Trinajstić information content (AvgIpc) is 2.60. The van der Waals surface area contributed by atoms with Gasteiger partial charge in [0.2, 0.25) is 5.91 Å². The van der Waals surface area contributed by atoms with E-state index in [1.807, 2.05) is 0 Å². The third-order valence-corrected chi connectivity index (χ3v) is 7.71. The van der Waals surface area contributed by atoms with Gasteiger partial charge in [-0.05, 0) is 87.0 Å². The molecule has 30 heavy (non-hydrogen) atoms. The average molecular weight is 477 g/mol. The minimum Gasteiger partial charge on any atom is -0.453 e. The van der Waals surface area contributed by atoms with Crippen LogP contribution in [0.5, 0.6) is 0 Å². The van der Waals surface area contributed by atoms with Crippen molar-refractivity contribution < 1.29 is 19.1 Å². The van der Waals surface area contributed by atoms with Crippen LogP contribution in [0.25, 0.3) is 0 Å². The fourth-order valence-electron chi connectivity index (χ4n) is 6.23. The van der Waals surface area contributed by atoms with Crippen LogP contribution in [-0.4, -0.2) is 28.2 Å². The summed E-state index contributed by atoms with van der Waals surface area (Å²) in [5, 5.41) is 5.43. The zero-order valence-electron chi connectivity index (χ0n) is 17.5. The molecule has 0 aliphatic heterocycles. The molecule has 4 aliphatic rings. The molecule has 4 saturated carbocycles. The lowest BCUT2D eigenvalue weighted by Crippen LogP contribution is -2.53. The van der Waals surface area contributed by atoms with Crippen molar-refractivity contribution in [2.75, 3.05) is 10.6 Å². The van der Waals surface area contributed by atoms with Crippen LogP contribution in [0.15, 0.2) is 24.3 Å². The molecule has 162 valence electrons. The Morgan fingerprint density at radius 3 is 2.17 bits per heavy atom. The number of carbonyl (C=O) groups is 3. The van der Waals surface area contributed by atoms with E-state index in [1.165, 1.54) is 26.2 Å². The monoisotopic (exact) mass is 476 g/mol. The van der Waals surface area contributed by atoms with Crippen molar-refractivity contribution in [1.82, 2.24) is 0 Å². The van der Waals surface area contributed by atoms with Gasteiger partial charge < -0.3 is 15.4 Å². The van der Waals surface area contributed by atoms with Crippen LogP contribution in [-0.2, 0) is 19.1 Å². The minimum absolute atomic E-state index is 0.0282. The number of ether oxygens (including phenoxy) is 1. The van der Waals surface area contributed by atoms with E-state index >= 15 is 0 Å². The predicted molar refractivity (Wildman–Crippen MR) is 118 cm³/mol. The number of alkyl halides is 1. The van der Waals surface area contributed by atoms with Gasteiger partial charge in [-0.1, -0.05) is 15.9 Å². The Bertz CT molecular complexity index is 839. The molecule has 2 N–H and O–H groups in total. The van der Waals surface area contributed by atoms with Crippen molar-refractivity contribution in [3.05, 3.63) is 24.3 Å². The Kier molecular flexibility index (Phi) is 5.68. The SMILES string of the molecule is CC(=O)Nc1ccc(NC(=O)C(C)OC(=O)CC23CC4CC(CC(Br)(C4)C2)C3)cc1. The van der Waals surface area contributed by atoms with E-state index in [0.717, 1.165) is 19.3 Å². The van der Waals surface area contributed by atoms with Gasteiger partial charge in [-0.3, -0.25) is 14.4 Å². The predicted octanol–water partition coefficient (Wildman–Crippen LogP) is 4.64. The molecule has 0 aromatic heterocycles. The first-order chi connectivity index (χ1) is 14.1. The van der Waals surface area contributed by atoms with E-state index in [-0.39, 0.29) is 27.5 Å². The second-order valence-electron chi connectivity index (χ2n) is 9.67. The van der Waals surface area contributed by atoms with Gasteiger partial charge in [-0.25, -0.2) is 0 Å². The minimum atomic E-state index is -0.862. The van der Waals surface area contributed by atoms with Gasteiger partial charge >= 0.3 is 5.97 Å². The highest BCUT2D eigenvalue weighted by Crippen LogP contribution is 2.65. The highest BCUT2D eigenvalue weighted by molar-refractivity contribution is 9.10. The summed E-state index contributed by atoms with van der Waals surface area (Å²) >= 11 is 3.97. The number of halogens is 1. The van der Waals surface area contributed by atoms with Crippen molar-refractivity contribution in [2.24, 2.45) is 17.3 Å². The van der Waals surface area contributed by atoms with Crippen molar-refractivity contribution in [1.29, 1.82) is 0 Å². The smallest absolute Gasteiger partial charge is 0.307 e. The zero-order chi connectivity index (χ0) is 21.5. The number of benzene rings is 1. The molecule has 4 fully saturated rings. The van der Waals surface area contributed by atoms with Gasteiger partial charge in [0.15, 0.2) is 6.10 Å². The molecule has 3 unspecified atom stereocenters. The van der Waals surface area contributed by atoms with E-state index < -0.39 is 6.10 Å². The van der Waals surface area contributed by atoms with Crippen molar-refractivity contribution in [3.8, 4) is 0 Å². The molecule has 6 nitrogen and oxygen atoms in total. The van der Waals surface area contributed by atoms with Gasteiger partial charge in [-0.2, -0.15) is 0 Å². The molecule has 2 amide bonds. The maximum absolute atomic E-state index is 12.7. The summed E-state index contributed by atoms with van der Waals surface area (Å²) in [6, 6.07) is 6.80. The Balaban J connectivity index is 1.30. The van der Waals surface area contributed by atoms with Gasteiger partial charge in [0.25, 0.3) is 5.91 Å². The highest BCUT2D eigenvalue weighted by atomic mass is 79.9. The van der Waals surface area contributed by atoms with Crippen LogP contribution in [0.1, 0.15) is 58.8 Å². The van der Waals surface area contributed by atoms with Gasteiger partial charge in [-0.15, -0.1) is 0 Å². The van der Waals surface area contributed by atoms with Crippen LogP contribution in [0.3, 0.4) is 0 Å².